The Balaban J connectivity index is 2.51. The summed E-state index contributed by atoms with van der Waals surface area (Å²) in [5.41, 5.74) is 2.77. The van der Waals surface area contributed by atoms with E-state index in [0.717, 1.165) is 20.1 Å². The molecule has 0 saturated carbocycles. The lowest BCUT2D eigenvalue weighted by atomic mass is 10.0. The van der Waals surface area contributed by atoms with E-state index in [2.05, 4.69) is 31.9 Å². The van der Waals surface area contributed by atoms with E-state index in [0.29, 0.717) is 5.56 Å². The zero-order valence-electron chi connectivity index (χ0n) is 8.38. The maximum absolute atomic E-state index is 12.7. The predicted octanol–water partition coefficient (Wildman–Crippen LogP) is 5.35. The zero-order chi connectivity index (χ0) is 11.5. The van der Waals surface area contributed by atoms with E-state index in [1.54, 1.807) is 6.07 Å². The summed E-state index contributed by atoms with van der Waals surface area (Å²) in [4.78, 5) is 0. The molecule has 0 aliphatic carbocycles. The summed E-state index contributed by atoms with van der Waals surface area (Å²) >= 11 is 6.84. The Hall–Kier alpha value is -0.670. The molecular formula is C13H9Br2F. The molecule has 0 radical (unpaired) electrons. The van der Waals surface area contributed by atoms with Gasteiger partial charge in [0.2, 0.25) is 0 Å². The minimum atomic E-state index is -0.453. The Morgan fingerprint density at radius 2 is 1.62 bits per heavy atom. The molecule has 0 spiro atoms. The average molecular weight is 344 g/mol. The second-order valence-corrected chi connectivity index (χ2v) is 5.13. The van der Waals surface area contributed by atoms with Crippen molar-refractivity contribution in [2.24, 2.45) is 0 Å². The van der Waals surface area contributed by atoms with E-state index in [4.69, 9.17) is 0 Å². The first-order valence-corrected chi connectivity index (χ1v) is 6.40. The van der Waals surface area contributed by atoms with Crippen LogP contribution in [0.15, 0.2) is 51.4 Å². The highest BCUT2D eigenvalue weighted by atomic mass is 79.9. The number of halogens is 3. The summed E-state index contributed by atoms with van der Waals surface area (Å²) in [7, 11) is 0. The van der Waals surface area contributed by atoms with Crippen molar-refractivity contribution in [3.63, 3.8) is 0 Å². The molecule has 0 aliphatic heterocycles. The van der Waals surface area contributed by atoms with Crippen molar-refractivity contribution in [2.75, 3.05) is 0 Å². The Bertz CT molecular complexity index is 492. The van der Waals surface area contributed by atoms with E-state index in [1.807, 2.05) is 36.4 Å². The molecular weight excluding hydrogens is 335 g/mol. The molecule has 2 aromatic rings. The quantitative estimate of drug-likeness (QED) is 0.689. The third kappa shape index (κ3) is 2.36. The third-order valence-electron chi connectivity index (χ3n) is 2.38. The summed E-state index contributed by atoms with van der Waals surface area (Å²) in [5, 5.41) is 0. The number of benzene rings is 2. The minimum absolute atomic E-state index is 0.453. The highest BCUT2D eigenvalue weighted by Crippen LogP contribution is 2.32. The van der Waals surface area contributed by atoms with Crippen LogP contribution in [0.2, 0.25) is 0 Å². The molecule has 0 heterocycles. The second-order valence-electron chi connectivity index (χ2n) is 3.42. The average Bonchev–Trinajstić information content (AvgIpc) is 2.31. The normalized spacial score (nSPS) is 10.4. The summed E-state index contributed by atoms with van der Waals surface area (Å²) in [6.07, 6.45) is 0. The zero-order valence-corrected chi connectivity index (χ0v) is 11.6. The van der Waals surface area contributed by atoms with Crippen LogP contribution in [-0.4, -0.2) is 0 Å². The molecule has 2 aromatic carbocycles. The van der Waals surface area contributed by atoms with Gasteiger partial charge in [-0.1, -0.05) is 46.3 Å². The molecule has 0 fully saturated rings. The van der Waals surface area contributed by atoms with Gasteiger partial charge in [0.25, 0.3) is 0 Å². The molecule has 3 heteroatoms. The van der Waals surface area contributed by atoms with E-state index < -0.39 is 6.67 Å². The van der Waals surface area contributed by atoms with Crippen LogP contribution in [0.3, 0.4) is 0 Å². The van der Waals surface area contributed by atoms with E-state index >= 15 is 0 Å². The summed E-state index contributed by atoms with van der Waals surface area (Å²) < 4.78 is 14.6. The Morgan fingerprint density at radius 1 is 0.938 bits per heavy atom. The first-order chi connectivity index (χ1) is 7.72. The molecule has 0 unspecified atom stereocenters. The number of hydrogen-bond donors (Lipinski definition) is 0. The summed E-state index contributed by atoms with van der Waals surface area (Å²) in [6, 6.07) is 13.6. The fraction of sp³-hybridized carbons (Fsp3) is 0.0769. The largest absolute Gasteiger partial charge is 0.246 e. The molecule has 0 N–H and O–H groups in total. The van der Waals surface area contributed by atoms with Crippen molar-refractivity contribution in [3.05, 3.63) is 57.0 Å². The first-order valence-electron chi connectivity index (χ1n) is 4.81. The maximum atomic E-state index is 12.7. The Kier molecular flexibility index (Phi) is 3.77. The van der Waals surface area contributed by atoms with Crippen molar-refractivity contribution < 1.29 is 4.39 Å². The predicted molar refractivity (Wildman–Crippen MR) is 72.1 cm³/mol. The molecule has 0 aliphatic rings. The van der Waals surface area contributed by atoms with Crippen LogP contribution in [0, 0.1) is 0 Å². The molecule has 0 amide bonds. The van der Waals surface area contributed by atoms with Gasteiger partial charge in [0.05, 0.1) is 0 Å². The molecule has 82 valence electrons. The van der Waals surface area contributed by atoms with Gasteiger partial charge in [-0.15, -0.1) is 0 Å². The van der Waals surface area contributed by atoms with Gasteiger partial charge in [-0.25, -0.2) is 4.39 Å². The van der Waals surface area contributed by atoms with E-state index in [-0.39, 0.29) is 0 Å². The number of alkyl halides is 1. The minimum Gasteiger partial charge on any atom is -0.246 e. The molecule has 2 rings (SSSR count). The van der Waals surface area contributed by atoms with Crippen LogP contribution in [0.4, 0.5) is 4.39 Å². The smallest absolute Gasteiger partial charge is 0.116 e. The Labute approximate surface area is 111 Å². The highest BCUT2D eigenvalue weighted by molar-refractivity contribution is 9.10. The fourth-order valence-electron chi connectivity index (χ4n) is 1.54. The SMILES string of the molecule is FCc1cccc(-c2ccc(Br)cc2)c1Br. The van der Waals surface area contributed by atoms with Gasteiger partial charge in [0, 0.05) is 8.95 Å². The van der Waals surface area contributed by atoms with Crippen molar-refractivity contribution in [1.82, 2.24) is 0 Å². The lowest BCUT2D eigenvalue weighted by molar-refractivity contribution is 0.484. The highest BCUT2D eigenvalue weighted by Gasteiger charge is 2.06. The molecule has 0 nitrogen and oxygen atoms in total. The van der Waals surface area contributed by atoms with Gasteiger partial charge in [-0.3, -0.25) is 0 Å². The van der Waals surface area contributed by atoms with E-state index in [1.165, 1.54) is 0 Å². The summed E-state index contributed by atoms with van der Waals surface area (Å²) in [6.45, 7) is -0.453. The standard InChI is InChI=1S/C13H9Br2F/c14-11-6-4-9(5-7-11)12-3-1-2-10(8-16)13(12)15/h1-7H,8H2. The maximum Gasteiger partial charge on any atom is 0.116 e. The first kappa shape index (κ1) is 11.8. The topological polar surface area (TPSA) is 0 Å². The van der Waals surface area contributed by atoms with Crippen LogP contribution >= 0.6 is 31.9 Å². The van der Waals surface area contributed by atoms with Gasteiger partial charge < -0.3 is 0 Å². The van der Waals surface area contributed by atoms with Gasteiger partial charge in [0.15, 0.2) is 0 Å². The van der Waals surface area contributed by atoms with Crippen molar-refractivity contribution in [2.45, 2.75) is 6.67 Å². The van der Waals surface area contributed by atoms with Crippen LogP contribution < -0.4 is 0 Å². The fourth-order valence-corrected chi connectivity index (χ4v) is 2.40. The third-order valence-corrected chi connectivity index (χ3v) is 3.84. The van der Waals surface area contributed by atoms with Crippen LogP contribution in [0.25, 0.3) is 11.1 Å². The molecule has 0 atom stereocenters. The van der Waals surface area contributed by atoms with Crippen LogP contribution in [0.1, 0.15) is 5.56 Å². The van der Waals surface area contributed by atoms with Crippen molar-refractivity contribution in [3.8, 4) is 11.1 Å². The van der Waals surface area contributed by atoms with Crippen LogP contribution in [0.5, 0.6) is 0 Å². The molecule has 0 aromatic heterocycles. The second kappa shape index (κ2) is 5.11. The van der Waals surface area contributed by atoms with Gasteiger partial charge in [-0.05, 0) is 44.8 Å². The van der Waals surface area contributed by atoms with Crippen molar-refractivity contribution in [1.29, 1.82) is 0 Å². The molecule has 0 bridgehead atoms. The molecule has 16 heavy (non-hydrogen) atoms. The van der Waals surface area contributed by atoms with Gasteiger partial charge >= 0.3 is 0 Å². The van der Waals surface area contributed by atoms with Gasteiger partial charge in [0.1, 0.15) is 6.67 Å². The van der Waals surface area contributed by atoms with Crippen LogP contribution in [-0.2, 0) is 6.67 Å². The van der Waals surface area contributed by atoms with E-state index in [9.17, 15) is 4.39 Å². The number of hydrogen-bond acceptors (Lipinski definition) is 0. The van der Waals surface area contributed by atoms with Crippen molar-refractivity contribution >= 4 is 31.9 Å². The Morgan fingerprint density at radius 3 is 2.25 bits per heavy atom. The molecule has 0 saturated heterocycles. The lowest BCUT2D eigenvalue weighted by Crippen LogP contribution is -1.86. The monoisotopic (exact) mass is 342 g/mol. The van der Waals surface area contributed by atoms with Gasteiger partial charge in [-0.2, -0.15) is 0 Å². The summed E-state index contributed by atoms with van der Waals surface area (Å²) in [5.74, 6) is 0. The number of rotatable bonds is 2. The lowest BCUT2D eigenvalue weighted by Gasteiger charge is -2.07.